The number of hydrogen-bond donors (Lipinski definition) is 0. The van der Waals surface area contributed by atoms with Gasteiger partial charge >= 0.3 is 0 Å². The van der Waals surface area contributed by atoms with E-state index in [-0.39, 0.29) is 22.8 Å². The van der Waals surface area contributed by atoms with Crippen LogP contribution in [0.1, 0.15) is 5.56 Å². The number of nitro groups is 1. The highest BCUT2D eigenvalue weighted by Crippen LogP contribution is 2.21. The number of nitro benzene ring substituents is 1. The molecule has 0 bridgehead atoms. The van der Waals surface area contributed by atoms with Crippen molar-refractivity contribution in [2.75, 3.05) is 0 Å². The van der Waals surface area contributed by atoms with Crippen LogP contribution in [0.4, 0.5) is 10.1 Å². The lowest BCUT2D eigenvalue weighted by atomic mass is 10.1. The van der Waals surface area contributed by atoms with Gasteiger partial charge in [0.25, 0.3) is 11.2 Å². The van der Waals surface area contributed by atoms with Crippen LogP contribution in [0, 0.1) is 15.9 Å². The van der Waals surface area contributed by atoms with Crippen molar-refractivity contribution in [3.05, 3.63) is 91.5 Å². The summed E-state index contributed by atoms with van der Waals surface area (Å²) in [6, 6.07) is 12.8. The summed E-state index contributed by atoms with van der Waals surface area (Å²) < 4.78 is 15.0. The van der Waals surface area contributed by atoms with Crippen molar-refractivity contribution in [1.29, 1.82) is 0 Å². The maximum Gasteiger partial charge on any atom is 0.269 e. The van der Waals surface area contributed by atoms with E-state index in [4.69, 9.17) is 11.6 Å². The maximum absolute atomic E-state index is 13.9. The van der Waals surface area contributed by atoms with Crippen molar-refractivity contribution in [3.63, 3.8) is 0 Å². The molecule has 0 amide bonds. The molecule has 1 aromatic heterocycles. The second kappa shape index (κ2) is 6.82. The van der Waals surface area contributed by atoms with E-state index in [9.17, 15) is 19.3 Å². The van der Waals surface area contributed by atoms with Crippen molar-refractivity contribution < 1.29 is 9.31 Å². The third kappa shape index (κ3) is 3.56. The summed E-state index contributed by atoms with van der Waals surface area (Å²) in [5, 5.41) is 15.1. The second-order valence-electron chi connectivity index (χ2n) is 5.22. The van der Waals surface area contributed by atoms with Crippen LogP contribution in [0.2, 0.25) is 5.02 Å². The summed E-state index contributed by atoms with van der Waals surface area (Å²) in [6.07, 6.45) is 0. The average Bonchev–Trinajstić information content (AvgIpc) is 2.60. The SMILES string of the molecule is O=c1ccc(-c2ccc([N+](=O)[O-])cc2)nn1Cc1c(F)cccc1Cl. The monoisotopic (exact) mass is 359 g/mol. The van der Waals surface area contributed by atoms with Gasteiger partial charge in [0.1, 0.15) is 5.82 Å². The summed E-state index contributed by atoms with van der Waals surface area (Å²) in [6.45, 7) is -0.120. The fourth-order valence-electron chi connectivity index (χ4n) is 2.30. The van der Waals surface area contributed by atoms with Gasteiger partial charge in [0.2, 0.25) is 0 Å². The molecule has 3 aromatic rings. The molecular weight excluding hydrogens is 349 g/mol. The van der Waals surface area contributed by atoms with Gasteiger partial charge in [-0.25, -0.2) is 9.07 Å². The van der Waals surface area contributed by atoms with Crippen molar-refractivity contribution in [3.8, 4) is 11.3 Å². The molecule has 0 saturated carbocycles. The zero-order valence-electron chi connectivity index (χ0n) is 12.7. The van der Waals surface area contributed by atoms with E-state index in [1.54, 1.807) is 0 Å². The summed E-state index contributed by atoms with van der Waals surface area (Å²) >= 11 is 5.99. The highest BCUT2D eigenvalue weighted by molar-refractivity contribution is 6.31. The molecule has 0 aliphatic rings. The molecule has 25 heavy (non-hydrogen) atoms. The predicted molar refractivity (Wildman–Crippen MR) is 91.1 cm³/mol. The third-order valence-corrected chi connectivity index (χ3v) is 3.96. The number of rotatable bonds is 4. The van der Waals surface area contributed by atoms with Gasteiger partial charge in [0.05, 0.1) is 17.2 Å². The zero-order chi connectivity index (χ0) is 18.0. The number of aromatic nitrogens is 2. The van der Waals surface area contributed by atoms with E-state index in [1.807, 2.05) is 0 Å². The van der Waals surface area contributed by atoms with Gasteiger partial charge in [-0.3, -0.25) is 14.9 Å². The molecule has 2 aromatic carbocycles. The van der Waals surface area contributed by atoms with Crippen LogP contribution in [0.5, 0.6) is 0 Å². The Morgan fingerprint density at radius 2 is 1.84 bits per heavy atom. The topological polar surface area (TPSA) is 78.0 Å². The fourth-order valence-corrected chi connectivity index (χ4v) is 2.53. The highest BCUT2D eigenvalue weighted by atomic mass is 35.5. The number of hydrogen-bond acceptors (Lipinski definition) is 4. The van der Waals surface area contributed by atoms with Crippen molar-refractivity contribution in [1.82, 2.24) is 9.78 Å². The molecule has 0 atom stereocenters. The second-order valence-corrected chi connectivity index (χ2v) is 5.63. The Morgan fingerprint density at radius 1 is 1.12 bits per heavy atom. The highest BCUT2D eigenvalue weighted by Gasteiger charge is 2.11. The standard InChI is InChI=1S/C17H11ClFN3O3/c18-14-2-1-3-15(19)13(14)10-21-17(23)9-8-16(20-21)11-4-6-12(7-5-11)22(24)25/h1-9H,10H2. The smallest absolute Gasteiger partial charge is 0.268 e. The zero-order valence-corrected chi connectivity index (χ0v) is 13.5. The van der Waals surface area contributed by atoms with Gasteiger partial charge in [-0.15, -0.1) is 0 Å². The first-order valence-corrected chi connectivity index (χ1v) is 7.59. The molecular formula is C17H11ClFN3O3. The van der Waals surface area contributed by atoms with E-state index < -0.39 is 16.3 Å². The van der Waals surface area contributed by atoms with Crippen LogP contribution < -0.4 is 5.56 Å². The minimum atomic E-state index is -0.526. The molecule has 0 saturated heterocycles. The molecule has 8 heteroatoms. The molecule has 0 aliphatic carbocycles. The Labute approximate surface area is 146 Å². The van der Waals surface area contributed by atoms with Crippen LogP contribution in [0.25, 0.3) is 11.3 Å². The van der Waals surface area contributed by atoms with Crippen molar-refractivity contribution in [2.45, 2.75) is 6.54 Å². The molecule has 0 unspecified atom stereocenters. The Kier molecular flexibility index (Phi) is 4.58. The molecule has 0 spiro atoms. The van der Waals surface area contributed by atoms with Crippen molar-refractivity contribution in [2.24, 2.45) is 0 Å². The van der Waals surface area contributed by atoms with Crippen LogP contribution in [0.3, 0.4) is 0 Å². The summed E-state index contributed by atoms with van der Waals surface area (Å²) in [5.41, 5.74) is 0.737. The molecule has 3 rings (SSSR count). The van der Waals surface area contributed by atoms with E-state index in [0.717, 1.165) is 4.68 Å². The molecule has 126 valence electrons. The summed E-state index contributed by atoms with van der Waals surface area (Å²) in [7, 11) is 0. The Hall–Kier alpha value is -3.06. The first kappa shape index (κ1) is 16.8. The van der Waals surface area contributed by atoms with Gasteiger partial charge in [-0.05, 0) is 30.3 Å². The molecule has 6 nitrogen and oxygen atoms in total. The first-order valence-electron chi connectivity index (χ1n) is 7.21. The largest absolute Gasteiger partial charge is 0.269 e. The minimum Gasteiger partial charge on any atom is -0.268 e. The van der Waals surface area contributed by atoms with E-state index in [0.29, 0.717) is 11.3 Å². The lowest BCUT2D eigenvalue weighted by Gasteiger charge is -2.09. The first-order chi connectivity index (χ1) is 12.0. The van der Waals surface area contributed by atoms with Crippen LogP contribution in [-0.2, 0) is 6.54 Å². The van der Waals surface area contributed by atoms with Crippen molar-refractivity contribution >= 4 is 17.3 Å². The van der Waals surface area contributed by atoms with E-state index in [2.05, 4.69) is 5.10 Å². The van der Waals surface area contributed by atoms with Crippen LogP contribution in [-0.4, -0.2) is 14.7 Å². The number of nitrogens with zero attached hydrogens (tertiary/aromatic N) is 3. The van der Waals surface area contributed by atoms with Gasteiger partial charge in [-0.2, -0.15) is 5.10 Å². The molecule has 0 aliphatic heterocycles. The molecule has 0 N–H and O–H groups in total. The van der Waals surface area contributed by atoms with Gasteiger partial charge in [0, 0.05) is 34.3 Å². The normalized spacial score (nSPS) is 10.6. The van der Waals surface area contributed by atoms with E-state index >= 15 is 0 Å². The number of benzene rings is 2. The van der Waals surface area contributed by atoms with Gasteiger partial charge in [-0.1, -0.05) is 17.7 Å². The van der Waals surface area contributed by atoms with Crippen LogP contribution in [0.15, 0.2) is 59.4 Å². The minimum absolute atomic E-state index is 0.0461. The fraction of sp³-hybridized carbons (Fsp3) is 0.0588. The average molecular weight is 360 g/mol. The maximum atomic E-state index is 13.9. The third-order valence-electron chi connectivity index (χ3n) is 3.61. The Bertz CT molecular complexity index is 983. The Balaban J connectivity index is 1.98. The van der Waals surface area contributed by atoms with Gasteiger partial charge < -0.3 is 0 Å². The molecule has 0 fully saturated rings. The number of halogens is 2. The molecule has 1 heterocycles. The predicted octanol–water partition coefficient (Wildman–Crippen LogP) is 3.66. The Morgan fingerprint density at radius 3 is 2.48 bits per heavy atom. The summed E-state index contributed by atoms with van der Waals surface area (Å²) in [5.74, 6) is -0.526. The quantitative estimate of drug-likeness (QED) is 0.526. The van der Waals surface area contributed by atoms with Crippen LogP contribution >= 0.6 is 11.6 Å². The number of non-ortho nitro benzene ring substituents is 1. The lowest BCUT2D eigenvalue weighted by Crippen LogP contribution is -2.23. The summed E-state index contributed by atoms with van der Waals surface area (Å²) in [4.78, 5) is 22.2. The lowest BCUT2D eigenvalue weighted by molar-refractivity contribution is -0.384. The van der Waals surface area contributed by atoms with E-state index in [1.165, 1.54) is 54.6 Å². The van der Waals surface area contributed by atoms with Gasteiger partial charge in [0.15, 0.2) is 0 Å². The molecule has 0 radical (unpaired) electrons.